The summed E-state index contributed by atoms with van der Waals surface area (Å²) < 4.78 is 4.60. The highest BCUT2D eigenvalue weighted by atomic mass is 16.5. The van der Waals surface area contributed by atoms with Crippen molar-refractivity contribution in [3.05, 3.63) is 70.8 Å². The molecular formula is C19H16N2O5. The molecule has 2 rings (SSSR count). The summed E-state index contributed by atoms with van der Waals surface area (Å²) in [7, 11) is 1.23. The lowest BCUT2D eigenvalue weighted by Crippen LogP contribution is -2.42. The molecular weight excluding hydrogens is 336 g/mol. The van der Waals surface area contributed by atoms with Gasteiger partial charge in [0.15, 0.2) is 0 Å². The molecule has 0 fully saturated rings. The zero-order valence-electron chi connectivity index (χ0n) is 13.9. The van der Waals surface area contributed by atoms with Crippen molar-refractivity contribution in [2.24, 2.45) is 0 Å². The van der Waals surface area contributed by atoms with Gasteiger partial charge in [-0.15, -0.1) is 0 Å². The SMILES string of the molecule is COC(=O)c1cccc(C(=O)N[C@@H](Cc2ccc(C#N)cc2)C(=O)O)c1. The first kappa shape index (κ1) is 18.7. The van der Waals surface area contributed by atoms with Gasteiger partial charge >= 0.3 is 11.9 Å². The van der Waals surface area contributed by atoms with Gasteiger partial charge in [-0.05, 0) is 35.9 Å². The van der Waals surface area contributed by atoms with Crippen molar-refractivity contribution in [2.45, 2.75) is 12.5 Å². The van der Waals surface area contributed by atoms with Crippen LogP contribution in [0.2, 0.25) is 0 Å². The van der Waals surface area contributed by atoms with Crippen molar-refractivity contribution in [1.82, 2.24) is 5.32 Å². The summed E-state index contributed by atoms with van der Waals surface area (Å²) in [6, 6.07) is 13.1. The largest absolute Gasteiger partial charge is 0.480 e. The molecule has 0 saturated carbocycles. The molecule has 7 nitrogen and oxygen atoms in total. The van der Waals surface area contributed by atoms with Crippen molar-refractivity contribution in [2.75, 3.05) is 7.11 Å². The Kier molecular flexibility index (Phi) is 6.06. The van der Waals surface area contributed by atoms with Crippen LogP contribution in [-0.4, -0.2) is 36.1 Å². The van der Waals surface area contributed by atoms with E-state index in [-0.39, 0.29) is 17.5 Å². The summed E-state index contributed by atoms with van der Waals surface area (Å²) in [5.74, 6) is -2.39. The summed E-state index contributed by atoms with van der Waals surface area (Å²) in [5, 5.41) is 20.6. The fraction of sp³-hybridized carbons (Fsp3) is 0.158. The number of ether oxygens (including phenoxy) is 1. The highest BCUT2D eigenvalue weighted by Gasteiger charge is 2.21. The van der Waals surface area contributed by atoms with Gasteiger partial charge in [-0.2, -0.15) is 5.26 Å². The Bertz CT molecular complexity index is 868. The molecule has 0 aliphatic rings. The number of aliphatic carboxylic acids is 1. The minimum atomic E-state index is -1.19. The van der Waals surface area contributed by atoms with Crippen LogP contribution in [0, 0.1) is 11.3 Å². The molecule has 2 N–H and O–H groups in total. The Morgan fingerprint density at radius 1 is 1.15 bits per heavy atom. The van der Waals surface area contributed by atoms with E-state index in [0.29, 0.717) is 11.1 Å². The van der Waals surface area contributed by atoms with Gasteiger partial charge < -0.3 is 15.2 Å². The number of carboxylic acids is 1. The minimum Gasteiger partial charge on any atom is -0.480 e. The van der Waals surface area contributed by atoms with Crippen molar-refractivity contribution >= 4 is 17.8 Å². The van der Waals surface area contributed by atoms with E-state index >= 15 is 0 Å². The standard InChI is InChI=1S/C19H16N2O5/c1-26-19(25)15-4-2-3-14(10-15)17(22)21-16(18(23)24)9-12-5-7-13(11-20)8-6-12/h2-8,10,16H,9H2,1H3,(H,21,22)(H,23,24)/t16-/m0/s1. The van der Waals surface area contributed by atoms with Crippen molar-refractivity contribution in [3.8, 4) is 6.07 Å². The van der Waals surface area contributed by atoms with E-state index in [2.05, 4.69) is 10.1 Å². The maximum absolute atomic E-state index is 12.3. The quantitative estimate of drug-likeness (QED) is 0.765. The Morgan fingerprint density at radius 3 is 2.38 bits per heavy atom. The predicted octanol–water partition coefficient (Wildman–Crippen LogP) is 1.77. The molecule has 0 aliphatic carbocycles. The molecule has 0 unspecified atom stereocenters. The summed E-state index contributed by atoms with van der Waals surface area (Å²) >= 11 is 0. The molecule has 0 heterocycles. The van der Waals surface area contributed by atoms with Crippen LogP contribution >= 0.6 is 0 Å². The molecule has 1 atom stereocenters. The van der Waals surface area contributed by atoms with Crippen LogP contribution in [0.25, 0.3) is 0 Å². The number of benzene rings is 2. The number of carbonyl (C=O) groups is 3. The van der Waals surface area contributed by atoms with Gasteiger partial charge in [0.05, 0.1) is 24.3 Å². The lowest BCUT2D eigenvalue weighted by Gasteiger charge is -2.15. The first-order valence-corrected chi connectivity index (χ1v) is 7.65. The average Bonchev–Trinajstić information content (AvgIpc) is 2.67. The van der Waals surface area contributed by atoms with Gasteiger partial charge in [0, 0.05) is 12.0 Å². The van der Waals surface area contributed by atoms with Gasteiger partial charge in [-0.3, -0.25) is 4.79 Å². The van der Waals surface area contributed by atoms with Crippen molar-refractivity contribution in [3.63, 3.8) is 0 Å². The van der Waals surface area contributed by atoms with Crippen LogP contribution in [0.1, 0.15) is 31.8 Å². The van der Waals surface area contributed by atoms with E-state index in [0.717, 1.165) is 0 Å². The van der Waals surface area contributed by atoms with Crippen molar-refractivity contribution < 1.29 is 24.2 Å². The van der Waals surface area contributed by atoms with E-state index < -0.39 is 23.9 Å². The fourth-order valence-corrected chi connectivity index (χ4v) is 2.30. The van der Waals surface area contributed by atoms with Gasteiger partial charge in [0.25, 0.3) is 5.91 Å². The number of amides is 1. The third kappa shape index (κ3) is 4.68. The van der Waals surface area contributed by atoms with E-state index in [4.69, 9.17) is 5.26 Å². The molecule has 0 saturated heterocycles. The molecule has 7 heteroatoms. The third-order valence-corrected chi connectivity index (χ3v) is 3.67. The number of carboxylic acid groups (broad SMARTS) is 1. The fourth-order valence-electron chi connectivity index (χ4n) is 2.30. The highest BCUT2D eigenvalue weighted by molar-refractivity contribution is 5.99. The first-order valence-electron chi connectivity index (χ1n) is 7.65. The molecule has 0 aliphatic heterocycles. The van der Waals surface area contributed by atoms with Crippen LogP contribution in [0.4, 0.5) is 0 Å². The monoisotopic (exact) mass is 352 g/mol. The highest BCUT2D eigenvalue weighted by Crippen LogP contribution is 2.10. The van der Waals surface area contributed by atoms with Crippen LogP contribution in [0.15, 0.2) is 48.5 Å². The number of nitriles is 1. The average molecular weight is 352 g/mol. The second-order valence-corrected chi connectivity index (χ2v) is 5.45. The Labute approximate surface area is 149 Å². The van der Waals surface area contributed by atoms with Crippen LogP contribution in [-0.2, 0) is 16.0 Å². The number of hydrogen-bond acceptors (Lipinski definition) is 5. The lowest BCUT2D eigenvalue weighted by molar-refractivity contribution is -0.139. The van der Waals surface area contributed by atoms with Crippen LogP contribution in [0.5, 0.6) is 0 Å². The topological polar surface area (TPSA) is 116 Å². The third-order valence-electron chi connectivity index (χ3n) is 3.67. The number of methoxy groups -OCH3 is 1. The molecule has 0 bridgehead atoms. The number of hydrogen-bond donors (Lipinski definition) is 2. The molecule has 2 aromatic carbocycles. The molecule has 26 heavy (non-hydrogen) atoms. The summed E-state index contributed by atoms with van der Waals surface area (Å²) in [5.41, 5.74) is 1.47. The van der Waals surface area contributed by atoms with Gasteiger partial charge in [-0.25, -0.2) is 9.59 Å². The van der Waals surface area contributed by atoms with E-state index in [1.807, 2.05) is 6.07 Å². The predicted molar refractivity (Wildman–Crippen MR) is 91.5 cm³/mol. The minimum absolute atomic E-state index is 0.0590. The number of rotatable bonds is 6. The number of esters is 1. The van der Waals surface area contributed by atoms with Crippen molar-refractivity contribution in [1.29, 1.82) is 5.26 Å². The van der Waals surface area contributed by atoms with Crippen LogP contribution in [0.3, 0.4) is 0 Å². The summed E-state index contributed by atoms with van der Waals surface area (Å²) in [4.78, 5) is 35.4. The maximum atomic E-state index is 12.3. The molecule has 1 amide bonds. The summed E-state index contributed by atoms with van der Waals surface area (Å²) in [6.07, 6.45) is 0.0590. The lowest BCUT2D eigenvalue weighted by atomic mass is 10.0. The number of carbonyl (C=O) groups excluding carboxylic acids is 2. The molecule has 0 spiro atoms. The maximum Gasteiger partial charge on any atom is 0.337 e. The molecule has 132 valence electrons. The molecule has 2 aromatic rings. The Morgan fingerprint density at radius 2 is 1.81 bits per heavy atom. The van der Waals surface area contributed by atoms with Crippen LogP contribution < -0.4 is 5.32 Å². The zero-order chi connectivity index (χ0) is 19.1. The molecule has 0 aromatic heterocycles. The second-order valence-electron chi connectivity index (χ2n) is 5.45. The van der Waals surface area contributed by atoms with E-state index in [1.165, 1.54) is 31.4 Å². The zero-order valence-corrected chi connectivity index (χ0v) is 13.9. The summed E-state index contributed by atoms with van der Waals surface area (Å²) in [6.45, 7) is 0. The number of nitrogens with one attached hydrogen (secondary N) is 1. The normalized spacial score (nSPS) is 11.1. The van der Waals surface area contributed by atoms with Gasteiger partial charge in [0.1, 0.15) is 6.04 Å². The first-order chi connectivity index (χ1) is 12.4. The van der Waals surface area contributed by atoms with Gasteiger partial charge in [-0.1, -0.05) is 18.2 Å². The van der Waals surface area contributed by atoms with E-state index in [9.17, 15) is 19.5 Å². The Balaban J connectivity index is 2.14. The van der Waals surface area contributed by atoms with E-state index in [1.54, 1.807) is 24.3 Å². The second kappa shape index (κ2) is 8.44. The number of nitrogens with zero attached hydrogens (tertiary/aromatic N) is 1. The molecule has 0 radical (unpaired) electrons. The Hall–Kier alpha value is -3.66. The smallest absolute Gasteiger partial charge is 0.337 e. The van der Waals surface area contributed by atoms with Gasteiger partial charge in [0.2, 0.25) is 0 Å².